The molecule has 4 rings (SSSR count). The van der Waals surface area contributed by atoms with E-state index in [0.29, 0.717) is 16.9 Å². The maximum Gasteiger partial charge on any atom is 0.418 e. The minimum atomic E-state index is -4.62. The van der Waals surface area contributed by atoms with Crippen molar-refractivity contribution in [3.05, 3.63) is 107 Å². The monoisotopic (exact) mass is 505 g/mol. The molecule has 0 aliphatic carbocycles. The third-order valence-corrected chi connectivity index (χ3v) is 5.55. The average molecular weight is 506 g/mol. The molecule has 4 aromatic rings. The van der Waals surface area contributed by atoms with Gasteiger partial charge in [-0.1, -0.05) is 18.2 Å². The number of nitrogens with one attached hydrogen (secondary N) is 1. The number of imidazole rings is 1. The summed E-state index contributed by atoms with van der Waals surface area (Å²) in [6, 6.07) is 8.57. The normalized spacial score (nSPS) is 11.6. The molecule has 7 nitrogen and oxygen atoms in total. The highest BCUT2D eigenvalue weighted by Gasteiger charge is 2.34. The summed E-state index contributed by atoms with van der Waals surface area (Å²) < 4.78 is 42.7. The van der Waals surface area contributed by atoms with E-state index in [9.17, 15) is 22.8 Å². The van der Waals surface area contributed by atoms with Crippen molar-refractivity contribution < 1.29 is 22.8 Å². The largest absolute Gasteiger partial charge is 0.418 e. The fourth-order valence-corrected chi connectivity index (χ4v) is 3.66. The molecule has 37 heavy (non-hydrogen) atoms. The van der Waals surface area contributed by atoms with E-state index in [2.05, 4.69) is 20.3 Å². The Morgan fingerprint density at radius 2 is 1.81 bits per heavy atom. The zero-order valence-electron chi connectivity index (χ0n) is 20.0. The molecule has 1 amide bonds. The van der Waals surface area contributed by atoms with Gasteiger partial charge in [-0.05, 0) is 49.2 Å². The fraction of sp³-hybridized carbons (Fsp3) is 0.148. The number of alkyl halides is 3. The first-order valence-corrected chi connectivity index (χ1v) is 11.2. The van der Waals surface area contributed by atoms with Gasteiger partial charge in [-0.25, -0.2) is 15.0 Å². The predicted octanol–water partition coefficient (Wildman–Crippen LogP) is 5.38. The summed E-state index contributed by atoms with van der Waals surface area (Å²) in [6.45, 7) is 3.45. The zero-order chi connectivity index (χ0) is 26.6. The number of carbonyl (C=O) groups is 2. The van der Waals surface area contributed by atoms with Gasteiger partial charge >= 0.3 is 6.18 Å². The highest BCUT2D eigenvalue weighted by atomic mass is 19.4. The van der Waals surface area contributed by atoms with Gasteiger partial charge in [-0.15, -0.1) is 0 Å². The predicted molar refractivity (Wildman–Crippen MR) is 132 cm³/mol. The van der Waals surface area contributed by atoms with Crippen LogP contribution in [0.3, 0.4) is 0 Å². The molecule has 0 fully saturated rings. The van der Waals surface area contributed by atoms with Crippen LogP contribution >= 0.6 is 0 Å². The van der Waals surface area contributed by atoms with Crippen molar-refractivity contribution in [2.75, 3.05) is 5.32 Å². The van der Waals surface area contributed by atoms with Crippen LogP contribution in [0.1, 0.15) is 38.3 Å². The van der Waals surface area contributed by atoms with Crippen molar-refractivity contribution in [2.45, 2.75) is 26.4 Å². The van der Waals surface area contributed by atoms with Crippen LogP contribution in [-0.4, -0.2) is 31.2 Å². The van der Waals surface area contributed by atoms with Gasteiger partial charge in [0.05, 0.1) is 23.3 Å². The highest BCUT2D eigenvalue weighted by molar-refractivity contribution is 6.04. The van der Waals surface area contributed by atoms with Gasteiger partial charge in [0.2, 0.25) is 5.91 Å². The number of hydrogen-bond acceptors (Lipinski definition) is 5. The Morgan fingerprint density at radius 1 is 1.05 bits per heavy atom. The van der Waals surface area contributed by atoms with Crippen molar-refractivity contribution in [1.82, 2.24) is 19.5 Å². The molecule has 10 heteroatoms. The van der Waals surface area contributed by atoms with E-state index in [0.717, 1.165) is 11.6 Å². The van der Waals surface area contributed by atoms with E-state index in [1.807, 2.05) is 0 Å². The molecule has 0 saturated heterocycles. The fourth-order valence-electron chi connectivity index (χ4n) is 3.66. The van der Waals surface area contributed by atoms with Gasteiger partial charge in [0.25, 0.3) is 0 Å². The van der Waals surface area contributed by atoms with Crippen LogP contribution in [0, 0.1) is 13.8 Å². The molecule has 2 heterocycles. The van der Waals surface area contributed by atoms with Crippen LogP contribution in [0.4, 0.5) is 18.9 Å². The van der Waals surface area contributed by atoms with E-state index in [4.69, 9.17) is 0 Å². The SMILES string of the molecule is Cc1cn(-c2ccc(CC(=O)c3ccc(C)c(NC(=O)/C=C/c4cncnc4)c3)cc2C(F)(F)F)cn1. The molecular formula is C27H22F3N5O2. The van der Waals surface area contributed by atoms with Crippen LogP contribution in [0.15, 0.2) is 73.7 Å². The number of ketones is 1. The summed E-state index contributed by atoms with van der Waals surface area (Å²) in [5.41, 5.74) is 1.93. The molecule has 0 unspecified atom stereocenters. The van der Waals surface area contributed by atoms with Crippen molar-refractivity contribution in [3.63, 3.8) is 0 Å². The standard InChI is InChI=1S/C27H22F3N5O2/c1-17-3-6-21(11-23(17)34-26(37)8-5-20-12-31-15-32-13-20)25(36)10-19-4-7-24(22(9-19)27(28,29)30)35-14-18(2)33-16-35/h3-9,11-16H,10H2,1-2H3,(H,34,37)/b8-5+. The summed E-state index contributed by atoms with van der Waals surface area (Å²) >= 11 is 0. The third-order valence-electron chi connectivity index (χ3n) is 5.55. The van der Waals surface area contributed by atoms with Gasteiger partial charge in [0.1, 0.15) is 6.33 Å². The summed E-state index contributed by atoms with van der Waals surface area (Å²) in [5, 5.41) is 2.72. The second-order valence-corrected chi connectivity index (χ2v) is 8.40. The topological polar surface area (TPSA) is 89.8 Å². The molecular weight excluding hydrogens is 483 g/mol. The second kappa shape index (κ2) is 10.6. The molecule has 2 aromatic heterocycles. The summed E-state index contributed by atoms with van der Waals surface area (Å²) in [7, 11) is 0. The van der Waals surface area contributed by atoms with Gasteiger partial charge in [0, 0.05) is 47.9 Å². The molecule has 0 aliphatic heterocycles. The maximum absolute atomic E-state index is 13.8. The van der Waals surface area contributed by atoms with E-state index in [-0.39, 0.29) is 29.0 Å². The Labute approximate surface area is 210 Å². The number of nitrogens with zero attached hydrogens (tertiary/aromatic N) is 4. The van der Waals surface area contributed by atoms with Crippen LogP contribution in [0.5, 0.6) is 0 Å². The van der Waals surface area contributed by atoms with Crippen LogP contribution in [-0.2, 0) is 17.4 Å². The third kappa shape index (κ3) is 6.35. The van der Waals surface area contributed by atoms with Gasteiger partial charge < -0.3 is 9.88 Å². The Kier molecular flexibility index (Phi) is 7.28. The minimum absolute atomic E-state index is 0.0697. The lowest BCUT2D eigenvalue weighted by atomic mass is 9.99. The first kappa shape index (κ1) is 25.5. The van der Waals surface area contributed by atoms with E-state index in [1.165, 1.54) is 47.7 Å². The molecule has 0 radical (unpaired) electrons. The van der Waals surface area contributed by atoms with Crippen LogP contribution < -0.4 is 5.32 Å². The Morgan fingerprint density at radius 3 is 2.49 bits per heavy atom. The number of aromatic nitrogens is 4. The lowest BCUT2D eigenvalue weighted by Crippen LogP contribution is -2.13. The van der Waals surface area contributed by atoms with Crippen molar-refractivity contribution in [1.29, 1.82) is 0 Å². The van der Waals surface area contributed by atoms with Gasteiger partial charge in [-0.3, -0.25) is 9.59 Å². The molecule has 2 aromatic carbocycles. The molecule has 0 saturated carbocycles. The smallest absolute Gasteiger partial charge is 0.322 e. The summed E-state index contributed by atoms with van der Waals surface area (Å²) in [6.07, 6.45) is 5.30. The van der Waals surface area contributed by atoms with E-state index < -0.39 is 17.6 Å². The molecule has 0 atom stereocenters. The number of amides is 1. The first-order chi connectivity index (χ1) is 17.6. The Hall–Kier alpha value is -4.60. The van der Waals surface area contributed by atoms with Gasteiger partial charge in [0.15, 0.2) is 5.78 Å². The van der Waals surface area contributed by atoms with Crippen molar-refractivity contribution in [3.8, 4) is 5.69 Å². The van der Waals surface area contributed by atoms with Crippen molar-refractivity contribution in [2.24, 2.45) is 0 Å². The average Bonchev–Trinajstić information content (AvgIpc) is 3.30. The number of Topliss-reactive ketones (excluding diaryl/α,β-unsaturated/α-hetero) is 1. The maximum atomic E-state index is 13.8. The number of carbonyl (C=O) groups excluding carboxylic acids is 2. The minimum Gasteiger partial charge on any atom is -0.322 e. The molecule has 0 spiro atoms. The quantitative estimate of drug-likeness (QED) is 0.269. The van der Waals surface area contributed by atoms with Crippen molar-refractivity contribution >= 4 is 23.5 Å². The number of benzene rings is 2. The van der Waals surface area contributed by atoms with Gasteiger partial charge in [-0.2, -0.15) is 13.2 Å². The number of aryl methyl sites for hydroxylation is 2. The van der Waals surface area contributed by atoms with Crippen LogP contribution in [0.2, 0.25) is 0 Å². The summed E-state index contributed by atoms with van der Waals surface area (Å²) in [4.78, 5) is 37.0. The number of rotatable bonds is 7. The lowest BCUT2D eigenvalue weighted by molar-refractivity contribution is -0.137. The molecule has 0 bridgehead atoms. The number of hydrogen-bond donors (Lipinski definition) is 1. The zero-order valence-corrected chi connectivity index (χ0v) is 20.0. The Bertz CT molecular complexity index is 1480. The second-order valence-electron chi connectivity index (χ2n) is 8.40. The number of halogens is 3. The molecule has 1 N–H and O–H groups in total. The Balaban J connectivity index is 1.52. The molecule has 188 valence electrons. The molecule has 0 aliphatic rings. The van der Waals surface area contributed by atoms with Crippen LogP contribution in [0.25, 0.3) is 11.8 Å². The first-order valence-electron chi connectivity index (χ1n) is 11.2. The summed E-state index contributed by atoms with van der Waals surface area (Å²) in [5.74, 6) is -0.802. The highest BCUT2D eigenvalue weighted by Crippen LogP contribution is 2.35. The lowest BCUT2D eigenvalue weighted by Gasteiger charge is -2.15. The number of anilines is 1. The van der Waals surface area contributed by atoms with E-state index >= 15 is 0 Å². The van der Waals surface area contributed by atoms with E-state index in [1.54, 1.807) is 44.4 Å².